The zero-order valence-electron chi connectivity index (χ0n) is 15.7. The zero-order chi connectivity index (χ0) is 18.0. The average Bonchev–Trinajstić information content (AvgIpc) is 3.43. The summed E-state index contributed by atoms with van der Waals surface area (Å²) in [6.45, 7) is 5.76. The van der Waals surface area contributed by atoms with Gasteiger partial charge in [-0.25, -0.2) is 0 Å². The minimum atomic E-state index is -0.130. The van der Waals surface area contributed by atoms with Gasteiger partial charge in [0.2, 0.25) is 5.91 Å². The van der Waals surface area contributed by atoms with Crippen LogP contribution in [0.15, 0.2) is 18.2 Å². The third kappa shape index (κ3) is 5.21. The van der Waals surface area contributed by atoms with Crippen LogP contribution in [0.1, 0.15) is 47.2 Å². The molecule has 6 heteroatoms. The fraction of sp³-hybridized carbons (Fsp3) is 0.600. The highest BCUT2D eigenvalue weighted by molar-refractivity contribution is 5.95. The Bertz CT molecular complexity index is 640. The first kappa shape index (κ1) is 20.7. The summed E-state index contributed by atoms with van der Waals surface area (Å²) in [4.78, 5) is 27.1. The summed E-state index contributed by atoms with van der Waals surface area (Å²) in [5.74, 6) is 0.511. The van der Waals surface area contributed by atoms with Crippen molar-refractivity contribution in [1.29, 1.82) is 0 Å². The van der Waals surface area contributed by atoms with Crippen molar-refractivity contribution in [3.63, 3.8) is 0 Å². The van der Waals surface area contributed by atoms with Gasteiger partial charge in [-0.05, 0) is 57.6 Å². The van der Waals surface area contributed by atoms with E-state index >= 15 is 0 Å². The van der Waals surface area contributed by atoms with Crippen molar-refractivity contribution in [2.45, 2.75) is 45.6 Å². The van der Waals surface area contributed by atoms with E-state index in [9.17, 15) is 9.59 Å². The number of benzene rings is 1. The molecule has 1 aliphatic carbocycles. The van der Waals surface area contributed by atoms with E-state index in [1.807, 2.05) is 30.9 Å². The molecule has 0 bridgehead atoms. The smallest absolute Gasteiger partial charge is 0.253 e. The molecule has 0 aromatic heterocycles. The SMILES string of the molecule is Cc1cc(C)cc(C(=O)N2CCCC(C(=O)NCC(N)C3CC3)C2)c1.Cl. The molecule has 26 heavy (non-hydrogen) atoms. The summed E-state index contributed by atoms with van der Waals surface area (Å²) in [7, 11) is 0. The highest BCUT2D eigenvalue weighted by atomic mass is 35.5. The van der Waals surface area contributed by atoms with Crippen LogP contribution in [0.5, 0.6) is 0 Å². The Hall–Kier alpha value is -1.59. The van der Waals surface area contributed by atoms with Gasteiger partial charge < -0.3 is 16.0 Å². The highest BCUT2D eigenvalue weighted by Gasteiger charge is 2.31. The van der Waals surface area contributed by atoms with Crippen LogP contribution in [0, 0.1) is 25.7 Å². The van der Waals surface area contributed by atoms with Crippen molar-refractivity contribution >= 4 is 24.2 Å². The number of likely N-dealkylation sites (tertiary alicyclic amines) is 1. The van der Waals surface area contributed by atoms with Gasteiger partial charge in [-0.1, -0.05) is 17.2 Å². The van der Waals surface area contributed by atoms with Crippen LogP contribution in [0.2, 0.25) is 0 Å². The van der Waals surface area contributed by atoms with Crippen molar-refractivity contribution in [3.05, 3.63) is 34.9 Å². The molecule has 5 nitrogen and oxygen atoms in total. The molecule has 2 unspecified atom stereocenters. The van der Waals surface area contributed by atoms with Crippen LogP contribution in [0.25, 0.3) is 0 Å². The standard InChI is InChI=1S/C20H29N3O2.ClH/c1-13-8-14(2)10-17(9-13)20(25)23-7-3-4-16(12-23)19(24)22-11-18(21)15-5-6-15;/h8-10,15-16,18H,3-7,11-12,21H2,1-2H3,(H,22,24);1H. The van der Waals surface area contributed by atoms with Crippen LogP contribution in [-0.2, 0) is 4.79 Å². The molecule has 2 fully saturated rings. The number of halogens is 1. The molecule has 2 atom stereocenters. The molecule has 1 aliphatic heterocycles. The second-order valence-electron chi connectivity index (χ2n) is 7.71. The van der Waals surface area contributed by atoms with Gasteiger partial charge in [-0.2, -0.15) is 0 Å². The van der Waals surface area contributed by atoms with Gasteiger partial charge in [0.1, 0.15) is 0 Å². The normalized spacial score (nSPS) is 20.9. The van der Waals surface area contributed by atoms with Gasteiger partial charge in [-0.15, -0.1) is 12.4 Å². The number of amides is 2. The number of nitrogens with two attached hydrogens (primary N) is 1. The van der Waals surface area contributed by atoms with Gasteiger partial charge in [0.25, 0.3) is 5.91 Å². The molecule has 1 aromatic carbocycles. The second-order valence-corrected chi connectivity index (χ2v) is 7.71. The van der Waals surface area contributed by atoms with E-state index in [1.54, 1.807) is 0 Å². The Labute approximate surface area is 162 Å². The lowest BCUT2D eigenvalue weighted by molar-refractivity contribution is -0.126. The topological polar surface area (TPSA) is 75.4 Å². The van der Waals surface area contributed by atoms with Gasteiger partial charge in [-0.3, -0.25) is 9.59 Å². The molecule has 1 saturated carbocycles. The Morgan fingerprint density at radius 3 is 2.46 bits per heavy atom. The zero-order valence-corrected chi connectivity index (χ0v) is 16.5. The van der Waals surface area contributed by atoms with E-state index in [0.717, 1.165) is 30.5 Å². The average molecular weight is 380 g/mol. The number of rotatable bonds is 5. The Kier molecular flexibility index (Phi) is 7.07. The van der Waals surface area contributed by atoms with Crippen molar-refractivity contribution in [2.75, 3.05) is 19.6 Å². The van der Waals surface area contributed by atoms with Gasteiger partial charge in [0.15, 0.2) is 0 Å². The fourth-order valence-electron chi connectivity index (χ4n) is 3.71. The maximum absolute atomic E-state index is 12.8. The van der Waals surface area contributed by atoms with Gasteiger partial charge >= 0.3 is 0 Å². The molecular formula is C20H30ClN3O2. The maximum Gasteiger partial charge on any atom is 0.253 e. The van der Waals surface area contributed by atoms with Crippen LogP contribution in [0.4, 0.5) is 0 Å². The second kappa shape index (κ2) is 8.87. The van der Waals surface area contributed by atoms with E-state index in [-0.39, 0.29) is 36.2 Å². The molecule has 1 saturated heterocycles. The maximum atomic E-state index is 12.8. The molecule has 1 heterocycles. The molecule has 0 spiro atoms. The first-order valence-electron chi connectivity index (χ1n) is 9.35. The van der Waals surface area contributed by atoms with E-state index in [1.165, 1.54) is 12.8 Å². The summed E-state index contributed by atoms with van der Waals surface area (Å²) in [6, 6.07) is 5.98. The third-order valence-electron chi connectivity index (χ3n) is 5.29. The van der Waals surface area contributed by atoms with E-state index < -0.39 is 0 Å². The van der Waals surface area contributed by atoms with Crippen LogP contribution in [0.3, 0.4) is 0 Å². The number of hydrogen-bond acceptors (Lipinski definition) is 3. The Balaban J connectivity index is 0.00000243. The highest BCUT2D eigenvalue weighted by Crippen LogP contribution is 2.31. The number of piperidine rings is 1. The lowest BCUT2D eigenvalue weighted by Gasteiger charge is -2.32. The van der Waals surface area contributed by atoms with Crippen LogP contribution < -0.4 is 11.1 Å². The monoisotopic (exact) mass is 379 g/mol. The molecule has 3 N–H and O–H groups in total. The number of carbonyl (C=O) groups excluding carboxylic acids is 2. The largest absolute Gasteiger partial charge is 0.354 e. The fourth-order valence-corrected chi connectivity index (χ4v) is 3.71. The number of nitrogens with zero attached hydrogens (tertiary/aromatic N) is 1. The molecule has 0 radical (unpaired) electrons. The van der Waals surface area contributed by atoms with E-state index in [4.69, 9.17) is 5.73 Å². The van der Waals surface area contributed by atoms with Crippen molar-refractivity contribution in [2.24, 2.45) is 17.6 Å². The van der Waals surface area contributed by atoms with Crippen molar-refractivity contribution in [3.8, 4) is 0 Å². The van der Waals surface area contributed by atoms with Gasteiger partial charge in [0, 0.05) is 31.2 Å². The molecule has 144 valence electrons. The quantitative estimate of drug-likeness (QED) is 0.825. The Morgan fingerprint density at radius 1 is 1.19 bits per heavy atom. The van der Waals surface area contributed by atoms with Gasteiger partial charge in [0.05, 0.1) is 5.92 Å². The lowest BCUT2D eigenvalue weighted by atomic mass is 9.96. The molecular weight excluding hydrogens is 350 g/mol. The van der Waals surface area contributed by atoms with Crippen LogP contribution >= 0.6 is 12.4 Å². The number of hydrogen-bond donors (Lipinski definition) is 2. The summed E-state index contributed by atoms with van der Waals surface area (Å²) >= 11 is 0. The summed E-state index contributed by atoms with van der Waals surface area (Å²) in [5.41, 5.74) is 8.95. The minimum Gasteiger partial charge on any atom is -0.354 e. The first-order chi connectivity index (χ1) is 11.9. The predicted octanol–water partition coefficient (Wildman–Crippen LogP) is 2.43. The molecule has 3 rings (SSSR count). The predicted molar refractivity (Wildman–Crippen MR) is 106 cm³/mol. The third-order valence-corrected chi connectivity index (χ3v) is 5.29. The van der Waals surface area contributed by atoms with E-state index in [2.05, 4.69) is 11.4 Å². The first-order valence-corrected chi connectivity index (χ1v) is 9.35. The van der Waals surface area contributed by atoms with E-state index in [0.29, 0.717) is 24.6 Å². The lowest BCUT2D eigenvalue weighted by Crippen LogP contribution is -2.47. The molecule has 1 aromatic rings. The van der Waals surface area contributed by atoms with Crippen molar-refractivity contribution in [1.82, 2.24) is 10.2 Å². The summed E-state index contributed by atoms with van der Waals surface area (Å²) < 4.78 is 0. The van der Waals surface area contributed by atoms with Crippen molar-refractivity contribution < 1.29 is 9.59 Å². The number of carbonyl (C=O) groups is 2. The summed E-state index contributed by atoms with van der Waals surface area (Å²) in [5, 5.41) is 2.99. The minimum absolute atomic E-state index is 0. The molecule has 2 amide bonds. The number of aryl methyl sites for hydroxylation is 2. The number of nitrogens with one attached hydrogen (secondary N) is 1. The van der Waals surface area contributed by atoms with Crippen LogP contribution in [-0.4, -0.2) is 42.4 Å². The summed E-state index contributed by atoms with van der Waals surface area (Å²) in [6.07, 6.45) is 4.06. The molecule has 2 aliphatic rings. The Morgan fingerprint density at radius 2 is 1.85 bits per heavy atom.